The van der Waals surface area contributed by atoms with Crippen LogP contribution in [0.2, 0.25) is 0 Å². The van der Waals surface area contributed by atoms with Crippen LogP contribution in [0.25, 0.3) is 5.69 Å². The van der Waals surface area contributed by atoms with E-state index < -0.39 is 10.0 Å². The zero-order valence-electron chi connectivity index (χ0n) is 27.1. The van der Waals surface area contributed by atoms with Crippen LogP contribution < -0.4 is 15.4 Å². The second kappa shape index (κ2) is 12.2. The lowest BCUT2D eigenvalue weighted by Gasteiger charge is -2.39. The lowest BCUT2D eigenvalue weighted by molar-refractivity contribution is 0.191. The third kappa shape index (κ3) is 6.33. The van der Waals surface area contributed by atoms with Crippen LogP contribution in [0, 0.1) is 12.8 Å². The van der Waals surface area contributed by atoms with Gasteiger partial charge in [0.2, 0.25) is 10.0 Å². The van der Waals surface area contributed by atoms with Gasteiger partial charge >= 0.3 is 6.03 Å². The molecule has 2 unspecified atom stereocenters. The van der Waals surface area contributed by atoms with Gasteiger partial charge in [0, 0.05) is 41.7 Å². The van der Waals surface area contributed by atoms with E-state index in [9.17, 15) is 13.2 Å². The van der Waals surface area contributed by atoms with Crippen LogP contribution in [0.15, 0.2) is 89.8 Å². The molecule has 0 aliphatic carbocycles. The second-order valence-electron chi connectivity index (χ2n) is 13.9. The number of hydrogen-bond donors (Lipinski definition) is 3. The summed E-state index contributed by atoms with van der Waals surface area (Å²) in [5.74, 6) is 0.957. The van der Waals surface area contributed by atoms with E-state index in [1.807, 2.05) is 66.0 Å². The minimum absolute atomic E-state index is 0.00456. The maximum atomic E-state index is 13.9. The number of piperidine rings is 1. The standard InChI is InChI=1S/C35H41N7O3S2/c1-23-10-12-27(13-11-23)41-33(21-32(39-41)35(2,3)4)38-34(43)37-26-8-5-7-24(18-26)17-25-19-28-14-15-29(20-25)42(28)47(44,45)31-9-6-16-40-30(31)22-36-46-40/h5-13,16,18,21-22,25,28-29,36H,14-15,17,19-20H2,1-4H3,(H2,37,38,43). The summed E-state index contributed by atoms with van der Waals surface area (Å²) >= 11 is 1.36. The lowest BCUT2D eigenvalue weighted by Crippen LogP contribution is -2.47. The molecule has 0 saturated carbocycles. The van der Waals surface area contributed by atoms with Gasteiger partial charge < -0.3 is 10.0 Å². The summed E-state index contributed by atoms with van der Waals surface area (Å²) in [5, 5.41) is 10.8. The van der Waals surface area contributed by atoms with E-state index in [1.165, 1.54) is 12.1 Å². The number of fused-ring (bicyclic) bond motifs is 3. The molecule has 4 aliphatic rings. The van der Waals surface area contributed by atoms with E-state index in [-0.39, 0.29) is 23.5 Å². The van der Waals surface area contributed by atoms with Crippen LogP contribution in [0.4, 0.5) is 16.3 Å². The Morgan fingerprint density at radius 3 is 2.51 bits per heavy atom. The molecule has 2 fully saturated rings. The van der Waals surface area contributed by atoms with Gasteiger partial charge in [-0.15, -0.1) is 0 Å². The molecule has 2 atom stereocenters. The van der Waals surface area contributed by atoms with Crippen molar-refractivity contribution in [2.24, 2.45) is 5.92 Å². The summed E-state index contributed by atoms with van der Waals surface area (Å²) in [7, 11) is -3.63. The van der Waals surface area contributed by atoms with Crippen molar-refractivity contribution in [3.8, 4) is 5.69 Å². The highest BCUT2D eigenvalue weighted by molar-refractivity contribution is 7.96. The summed E-state index contributed by atoms with van der Waals surface area (Å²) in [5.41, 5.74) is 5.23. The van der Waals surface area contributed by atoms with Crippen molar-refractivity contribution >= 4 is 39.7 Å². The Hall–Kier alpha value is -4.00. The zero-order valence-corrected chi connectivity index (χ0v) is 28.7. The average molecular weight is 672 g/mol. The SMILES string of the molecule is Cc1ccc(-n2nc(C(C)(C)C)cc2NC(=O)Nc2cccc(CC3CC4CCC(C3)N4S(=O)(=O)C3=CC=CN4SNC=C34)c2)cc1. The molecule has 2 aromatic carbocycles. The van der Waals surface area contributed by atoms with Crippen molar-refractivity contribution in [2.75, 3.05) is 10.6 Å². The number of sulfonamides is 1. The number of aromatic nitrogens is 2. The number of carbonyl (C=O) groups is 1. The summed E-state index contributed by atoms with van der Waals surface area (Å²) in [4.78, 5) is 13.6. The molecule has 0 radical (unpaired) electrons. The number of benzene rings is 2. The fraction of sp³-hybridized carbons (Fsp3) is 0.371. The number of hydrogen-bond acceptors (Lipinski definition) is 7. The Balaban J connectivity index is 1.02. The largest absolute Gasteiger partial charge is 0.324 e. The van der Waals surface area contributed by atoms with E-state index in [0.29, 0.717) is 28.0 Å². The molecule has 2 saturated heterocycles. The Morgan fingerprint density at radius 2 is 1.79 bits per heavy atom. The highest BCUT2D eigenvalue weighted by Gasteiger charge is 2.49. The molecule has 246 valence electrons. The number of amides is 2. The van der Waals surface area contributed by atoms with Crippen LogP contribution in [0.3, 0.4) is 0 Å². The molecule has 3 N–H and O–H groups in total. The van der Waals surface area contributed by atoms with Gasteiger partial charge in [0.1, 0.15) is 10.7 Å². The molecular weight excluding hydrogens is 631 g/mol. The van der Waals surface area contributed by atoms with Gasteiger partial charge in [-0.1, -0.05) is 50.6 Å². The maximum absolute atomic E-state index is 13.9. The van der Waals surface area contributed by atoms with Crippen LogP contribution >= 0.6 is 12.1 Å². The van der Waals surface area contributed by atoms with E-state index in [0.717, 1.165) is 54.6 Å². The van der Waals surface area contributed by atoms with Gasteiger partial charge in [0.25, 0.3) is 0 Å². The number of allylic oxidation sites excluding steroid dienone is 2. The highest BCUT2D eigenvalue weighted by atomic mass is 32.2. The second-order valence-corrected chi connectivity index (χ2v) is 16.5. The molecule has 1 aromatic heterocycles. The van der Waals surface area contributed by atoms with Crippen molar-refractivity contribution in [3.05, 3.63) is 107 Å². The summed E-state index contributed by atoms with van der Waals surface area (Å²) in [6.07, 6.45) is 11.4. The molecule has 5 heterocycles. The zero-order chi connectivity index (χ0) is 32.9. The molecule has 47 heavy (non-hydrogen) atoms. The molecule has 0 spiro atoms. The predicted molar refractivity (Wildman–Crippen MR) is 188 cm³/mol. The molecule has 12 heteroatoms. The number of urea groups is 1. The van der Waals surface area contributed by atoms with Crippen molar-refractivity contribution in [2.45, 2.75) is 77.3 Å². The molecule has 7 rings (SSSR count). The van der Waals surface area contributed by atoms with Crippen molar-refractivity contribution in [3.63, 3.8) is 0 Å². The minimum Gasteiger partial charge on any atom is -0.316 e. The first-order valence-corrected chi connectivity index (χ1v) is 18.4. The Kier molecular flexibility index (Phi) is 8.22. The molecule has 3 aromatic rings. The quantitative estimate of drug-likeness (QED) is 0.233. The molecule has 2 amide bonds. The predicted octanol–water partition coefficient (Wildman–Crippen LogP) is 6.96. The van der Waals surface area contributed by atoms with Gasteiger partial charge in [-0.25, -0.2) is 17.9 Å². The van der Waals surface area contributed by atoms with E-state index in [2.05, 4.69) is 42.2 Å². The normalized spacial score (nSPS) is 22.4. The molecule has 2 bridgehead atoms. The fourth-order valence-corrected chi connectivity index (χ4v) is 9.86. The number of carbonyl (C=O) groups excluding carboxylic acids is 1. The molecular formula is C35H41N7O3S2. The van der Waals surface area contributed by atoms with Crippen LogP contribution in [-0.4, -0.2) is 44.9 Å². The first kappa shape index (κ1) is 31.6. The average Bonchev–Trinajstić information content (AvgIpc) is 3.74. The van der Waals surface area contributed by atoms with Gasteiger partial charge in [-0.3, -0.25) is 9.62 Å². The summed E-state index contributed by atoms with van der Waals surface area (Å²) < 4.78 is 36.3. The fourth-order valence-electron chi connectivity index (χ4n) is 7.08. The highest BCUT2D eigenvalue weighted by Crippen LogP contribution is 2.45. The third-order valence-electron chi connectivity index (χ3n) is 9.33. The van der Waals surface area contributed by atoms with Crippen LogP contribution in [0.1, 0.15) is 63.3 Å². The Bertz CT molecular complexity index is 1880. The first-order valence-electron chi connectivity index (χ1n) is 16.1. The molecule has 10 nitrogen and oxygen atoms in total. The number of rotatable bonds is 7. The molecule has 4 aliphatic heterocycles. The van der Waals surface area contributed by atoms with Crippen LogP contribution in [-0.2, 0) is 21.9 Å². The first-order chi connectivity index (χ1) is 22.5. The van der Waals surface area contributed by atoms with Crippen molar-refractivity contribution in [1.82, 2.24) is 23.1 Å². The van der Waals surface area contributed by atoms with Gasteiger partial charge in [0.05, 0.1) is 29.2 Å². The number of aryl methyl sites for hydroxylation is 1. The number of nitrogens with zero attached hydrogens (tertiary/aromatic N) is 4. The van der Waals surface area contributed by atoms with Gasteiger partial charge in [-0.2, -0.15) is 9.40 Å². The summed E-state index contributed by atoms with van der Waals surface area (Å²) in [6, 6.07) is 17.6. The Morgan fingerprint density at radius 1 is 1.04 bits per heavy atom. The van der Waals surface area contributed by atoms with E-state index in [4.69, 9.17) is 5.10 Å². The topological polar surface area (TPSA) is 112 Å². The van der Waals surface area contributed by atoms with Crippen molar-refractivity contribution < 1.29 is 13.2 Å². The smallest absolute Gasteiger partial charge is 0.316 e. The van der Waals surface area contributed by atoms with Gasteiger partial charge in [0.15, 0.2) is 0 Å². The minimum atomic E-state index is -3.63. The number of nitrogens with one attached hydrogen (secondary N) is 3. The van der Waals surface area contributed by atoms with E-state index in [1.54, 1.807) is 27.3 Å². The van der Waals surface area contributed by atoms with Crippen LogP contribution in [0.5, 0.6) is 0 Å². The third-order valence-corrected chi connectivity index (χ3v) is 12.1. The monoisotopic (exact) mass is 671 g/mol. The maximum Gasteiger partial charge on any atom is 0.324 e. The Labute approximate surface area is 281 Å². The lowest BCUT2D eigenvalue weighted by atomic mass is 9.87. The van der Waals surface area contributed by atoms with Gasteiger partial charge in [-0.05, 0) is 86.9 Å². The van der Waals surface area contributed by atoms with E-state index >= 15 is 0 Å². The summed E-state index contributed by atoms with van der Waals surface area (Å²) in [6.45, 7) is 8.34. The number of anilines is 2. The van der Waals surface area contributed by atoms with Crippen molar-refractivity contribution in [1.29, 1.82) is 0 Å².